The van der Waals surface area contributed by atoms with E-state index in [-0.39, 0.29) is 0 Å². The smallest absolute Gasteiger partial charge is 0.111 e. The van der Waals surface area contributed by atoms with Crippen LogP contribution in [0.2, 0.25) is 0 Å². The Balaban J connectivity index is 3.29. The lowest BCUT2D eigenvalue weighted by Gasteiger charge is -1.89. The van der Waals surface area contributed by atoms with Gasteiger partial charge in [0, 0.05) is 5.56 Å². The van der Waals surface area contributed by atoms with Crippen LogP contribution in [0.3, 0.4) is 0 Å². The molecule has 3 nitrogen and oxygen atoms in total. The van der Waals surface area contributed by atoms with Crippen LogP contribution in [0, 0.1) is 6.92 Å². The number of hydrogen-bond acceptors (Lipinski definition) is 4. The third-order valence-electron chi connectivity index (χ3n) is 1.26. The van der Waals surface area contributed by atoms with Crippen LogP contribution in [0.15, 0.2) is 0 Å². The van der Waals surface area contributed by atoms with Crippen LogP contribution < -0.4 is 17.2 Å². The molecule has 0 radical (unpaired) electrons. The molecule has 0 aromatic carbocycles. The SMILES string of the molecule is Cc1c(N)sc(N)c1N. The Morgan fingerprint density at radius 2 is 1.67 bits per heavy atom. The summed E-state index contributed by atoms with van der Waals surface area (Å²) >= 11 is 1.33. The van der Waals surface area contributed by atoms with Gasteiger partial charge in [0.25, 0.3) is 0 Å². The van der Waals surface area contributed by atoms with E-state index in [2.05, 4.69) is 0 Å². The first kappa shape index (κ1) is 6.22. The fourth-order valence-electron chi connectivity index (χ4n) is 0.568. The van der Waals surface area contributed by atoms with Crippen LogP contribution >= 0.6 is 11.3 Å². The Labute approximate surface area is 57.5 Å². The van der Waals surface area contributed by atoms with Gasteiger partial charge in [0.15, 0.2) is 0 Å². The summed E-state index contributed by atoms with van der Waals surface area (Å²) in [5.41, 5.74) is 18.0. The lowest BCUT2D eigenvalue weighted by Crippen LogP contribution is -1.90. The first-order chi connectivity index (χ1) is 4.13. The van der Waals surface area contributed by atoms with E-state index in [4.69, 9.17) is 17.2 Å². The zero-order valence-electron chi connectivity index (χ0n) is 5.14. The van der Waals surface area contributed by atoms with Gasteiger partial charge >= 0.3 is 0 Å². The average Bonchev–Trinajstić information content (AvgIpc) is 1.98. The first-order valence-corrected chi connectivity index (χ1v) is 3.34. The van der Waals surface area contributed by atoms with Crippen LogP contribution in [0.1, 0.15) is 5.56 Å². The molecule has 0 atom stereocenters. The summed E-state index contributed by atoms with van der Waals surface area (Å²) in [5, 5.41) is 1.33. The molecule has 0 aliphatic heterocycles. The van der Waals surface area contributed by atoms with Crippen LogP contribution in [0.4, 0.5) is 15.7 Å². The van der Waals surface area contributed by atoms with Gasteiger partial charge in [-0.3, -0.25) is 0 Å². The van der Waals surface area contributed by atoms with Crippen molar-refractivity contribution in [2.75, 3.05) is 17.2 Å². The maximum absolute atomic E-state index is 5.51. The first-order valence-electron chi connectivity index (χ1n) is 2.52. The molecular weight excluding hydrogens is 134 g/mol. The standard InChI is InChI=1S/C5H9N3S/c1-2-3(6)5(8)9-4(2)7/h6-8H2,1H3. The van der Waals surface area contributed by atoms with Crippen molar-refractivity contribution in [2.45, 2.75) is 6.92 Å². The minimum Gasteiger partial charge on any atom is -0.396 e. The summed E-state index contributed by atoms with van der Waals surface area (Å²) in [4.78, 5) is 0. The monoisotopic (exact) mass is 143 g/mol. The summed E-state index contributed by atoms with van der Waals surface area (Å²) in [6.45, 7) is 1.86. The minimum absolute atomic E-state index is 0.616. The van der Waals surface area contributed by atoms with E-state index >= 15 is 0 Å². The van der Waals surface area contributed by atoms with E-state index < -0.39 is 0 Å². The molecule has 6 N–H and O–H groups in total. The van der Waals surface area contributed by atoms with Gasteiger partial charge in [0.05, 0.1) is 10.7 Å². The normalized spacial score (nSPS) is 9.89. The molecule has 0 aliphatic carbocycles. The molecule has 1 aromatic heterocycles. The van der Waals surface area contributed by atoms with Crippen molar-refractivity contribution in [1.82, 2.24) is 0 Å². The number of anilines is 3. The third-order valence-corrected chi connectivity index (χ3v) is 2.22. The summed E-state index contributed by atoms with van der Waals surface area (Å²) in [6.07, 6.45) is 0. The van der Waals surface area contributed by atoms with Crippen LogP contribution in [0.25, 0.3) is 0 Å². The van der Waals surface area contributed by atoms with Gasteiger partial charge < -0.3 is 17.2 Å². The number of hydrogen-bond donors (Lipinski definition) is 3. The molecule has 1 rings (SSSR count). The number of nitrogen functional groups attached to an aromatic ring is 3. The van der Waals surface area contributed by atoms with Gasteiger partial charge in [0.1, 0.15) is 5.00 Å². The van der Waals surface area contributed by atoms with Crippen molar-refractivity contribution in [3.8, 4) is 0 Å². The third kappa shape index (κ3) is 0.810. The predicted molar refractivity (Wildman–Crippen MR) is 42.3 cm³/mol. The van der Waals surface area contributed by atoms with Crippen molar-refractivity contribution in [3.05, 3.63) is 5.56 Å². The van der Waals surface area contributed by atoms with E-state index in [1.165, 1.54) is 11.3 Å². The summed E-state index contributed by atoms with van der Waals surface area (Å²) in [7, 11) is 0. The van der Waals surface area contributed by atoms with Gasteiger partial charge in [-0.1, -0.05) is 11.3 Å². The van der Waals surface area contributed by atoms with E-state index in [9.17, 15) is 0 Å². The molecule has 0 amide bonds. The van der Waals surface area contributed by atoms with Gasteiger partial charge in [-0.25, -0.2) is 0 Å². The zero-order valence-corrected chi connectivity index (χ0v) is 5.96. The molecule has 0 saturated carbocycles. The summed E-state index contributed by atoms with van der Waals surface area (Å²) < 4.78 is 0. The van der Waals surface area contributed by atoms with Crippen LogP contribution in [-0.2, 0) is 0 Å². The fourth-order valence-corrected chi connectivity index (χ4v) is 1.33. The molecule has 4 heteroatoms. The molecule has 1 heterocycles. The lowest BCUT2D eigenvalue weighted by atomic mass is 10.3. The van der Waals surface area contributed by atoms with Crippen molar-refractivity contribution < 1.29 is 0 Å². The predicted octanol–water partition coefficient (Wildman–Crippen LogP) is 0.803. The quantitative estimate of drug-likeness (QED) is 0.502. The minimum atomic E-state index is 0.616. The molecule has 0 spiro atoms. The highest BCUT2D eigenvalue weighted by Crippen LogP contribution is 2.34. The van der Waals surface area contributed by atoms with Crippen molar-refractivity contribution >= 4 is 27.0 Å². The highest BCUT2D eigenvalue weighted by atomic mass is 32.1. The molecule has 0 saturated heterocycles. The Kier molecular flexibility index (Phi) is 1.25. The highest BCUT2D eigenvalue weighted by Gasteiger charge is 2.04. The molecule has 0 bridgehead atoms. The van der Waals surface area contributed by atoms with Crippen molar-refractivity contribution in [2.24, 2.45) is 0 Å². The molecular formula is C5H9N3S. The highest BCUT2D eigenvalue weighted by molar-refractivity contribution is 7.20. The number of rotatable bonds is 0. The second kappa shape index (κ2) is 1.80. The van der Waals surface area contributed by atoms with Crippen molar-refractivity contribution in [1.29, 1.82) is 0 Å². The van der Waals surface area contributed by atoms with Gasteiger partial charge in [0.2, 0.25) is 0 Å². The number of thiophene rings is 1. The van der Waals surface area contributed by atoms with E-state index in [1.807, 2.05) is 6.92 Å². The molecule has 50 valence electrons. The molecule has 9 heavy (non-hydrogen) atoms. The largest absolute Gasteiger partial charge is 0.396 e. The van der Waals surface area contributed by atoms with E-state index in [1.54, 1.807) is 0 Å². The topological polar surface area (TPSA) is 78.1 Å². The number of nitrogens with two attached hydrogens (primary N) is 3. The fraction of sp³-hybridized carbons (Fsp3) is 0.200. The molecule has 0 unspecified atom stereocenters. The molecule has 0 fully saturated rings. The van der Waals surface area contributed by atoms with Crippen LogP contribution in [0.5, 0.6) is 0 Å². The van der Waals surface area contributed by atoms with Gasteiger partial charge in [-0.2, -0.15) is 0 Å². The maximum atomic E-state index is 5.51. The zero-order chi connectivity index (χ0) is 7.02. The Bertz CT molecular complexity index is 206. The Morgan fingerprint density at radius 1 is 1.11 bits per heavy atom. The molecule has 1 aromatic rings. The second-order valence-corrected chi connectivity index (χ2v) is 2.95. The van der Waals surface area contributed by atoms with Gasteiger partial charge in [-0.05, 0) is 6.92 Å². The summed E-state index contributed by atoms with van der Waals surface area (Å²) in [5.74, 6) is 0. The summed E-state index contributed by atoms with van der Waals surface area (Å²) in [6, 6.07) is 0. The second-order valence-electron chi connectivity index (χ2n) is 1.87. The lowest BCUT2D eigenvalue weighted by molar-refractivity contribution is 1.54. The van der Waals surface area contributed by atoms with E-state index in [0.717, 1.165) is 5.56 Å². The van der Waals surface area contributed by atoms with E-state index in [0.29, 0.717) is 15.7 Å². The average molecular weight is 143 g/mol. The van der Waals surface area contributed by atoms with Gasteiger partial charge in [-0.15, -0.1) is 0 Å². The van der Waals surface area contributed by atoms with Crippen LogP contribution in [-0.4, -0.2) is 0 Å². The maximum Gasteiger partial charge on any atom is 0.111 e. The Morgan fingerprint density at radius 3 is 1.78 bits per heavy atom. The molecule has 0 aliphatic rings. The van der Waals surface area contributed by atoms with Crippen molar-refractivity contribution in [3.63, 3.8) is 0 Å². The Hall–Kier alpha value is -0.900.